The van der Waals surface area contributed by atoms with Gasteiger partial charge >= 0.3 is 0 Å². The summed E-state index contributed by atoms with van der Waals surface area (Å²) in [7, 11) is 0. The van der Waals surface area contributed by atoms with Gasteiger partial charge in [0.15, 0.2) is 0 Å². The van der Waals surface area contributed by atoms with Gasteiger partial charge in [-0.25, -0.2) is 0 Å². The molecule has 3 heteroatoms. The van der Waals surface area contributed by atoms with E-state index in [1.807, 2.05) is 18.3 Å². The second-order valence-electron chi connectivity index (χ2n) is 4.40. The van der Waals surface area contributed by atoms with Crippen molar-refractivity contribution in [3.63, 3.8) is 0 Å². The lowest BCUT2D eigenvalue weighted by atomic mass is 10.0. The maximum atomic E-state index is 5.53. The minimum Gasteiger partial charge on any atom is -0.378 e. The molecule has 1 aromatic rings. The van der Waals surface area contributed by atoms with Crippen molar-refractivity contribution in [2.75, 3.05) is 19.7 Å². The van der Waals surface area contributed by atoms with Crippen LogP contribution in [-0.2, 0) is 11.2 Å². The van der Waals surface area contributed by atoms with E-state index < -0.39 is 0 Å². The van der Waals surface area contributed by atoms with Gasteiger partial charge in [0.05, 0.1) is 6.10 Å². The fraction of sp³-hybridized carbons (Fsp3) is 0.615. The highest BCUT2D eigenvalue weighted by atomic mass is 16.5. The van der Waals surface area contributed by atoms with E-state index >= 15 is 0 Å². The van der Waals surface area contributed by atoms with Crippen LogP contribution in [0, 0.1) is 5.92 Å². The highest BCUT2D eigenvalue weighted by molar-refractivity contribution is 5.03. The molecule has 0 saturated carbocycles. The lowest BCUT2D eigenvalue weighted by Crippen LogP contribution is -2.28. The smallest absolute Gasteiger partial charge is 0.0588 e. The van der Waals surface area contributed by atoms with Crippen LogP contribution < -0.4 is 5.32 Å². The predicted molar refractivity (Wildman–Crippen MR) is 64.3 cm³/mol. The Kier molecular flexibility index (Phi) is 4.31. The molecular formula is C13H20N2O. The Hall–Kier alpha value is -0.930. The zero-order valence-corrected chi connectivity index (χ0v) is 9.86. The van der Waals surface area contributed by atoms with Gasteiger partial charge in [0, 0.05) is 38.0 Å². The first kappa shape index (κ1) is 11.6. The normalized spacial score (nSPS) is 24.8. The summed E-state index contributed by atoms with van der Waals surface area (Å²) in [5, 5.41) is 3.49. The van der Waals surface area contributed by atoms with E-state index in [1.165, 1.54) is 6.42 Å². The van der Waals surface area contributed by atoms with Gasteiger partial charge in [-0.2, -0.15) is 0 Å². The molecule has 0 aromatic carbocycles. The highest BCUT2D eigenvalue weighted by Crippen LogP contribution is 2.19. The average molecular weight is 220 g/mol. The van der Waals surface area contributed by atoms with Crippen LogP contribution in [0.4, 0.5) is 0 Å². The predicted octanol–water partition coefficient (Wildman–Crippen LogP) is 1.64. The van der Waals surface area contributed by atoms with Gasteiger partial charge in [-0.15, -0.1) is 0 Å². The van der Waals surface area contributed by atoms with Crippen molar-refractivity contribution in [3.8, 4) is 0 Å². The number of hydrogen-bond donors (Lipinski definition) is 1. The van der Waals surface area contributed by atoms with E-state index in [0.717, 1.165) is 31.8 Å². The summed E-state index contributed by atoms with van der Waals surface area (Å²) in [4.78, 5) is 4.30. The van der Waals surface area contributed by atoms with Crippen molar-refractivity contribution in [1.82, 2.24) is 10.3 Å². The second kappa shape index (κ2) is 5.97. The van der Waals surface area contributed by atoms with Gasteiger partial charge in [0.25, 0.3) is 0 Å². The Morgan fingerprint density at radius 2 is 2.44 bits per heavy atom. The number of pyridine rings is 1. The maximum absolute atomic E-state index is 5.53. The van der Waals surface area contributed by atoms with Crippen LogP contribution in [0.5, 0.6) is 0 Å². The van der Waals surface area contributed by atoms with Crippen LogP contribution in [0.3, 0.4) is 0 Å². The number of aromatic nitrogens is 1. The number of nitrogens with one attached hydrogen (secondary N) is 1. The van der Waals surface area contributed by atoms with Crippen molar-refractivity contribution in [2.24, 2.45) is 5.92 Å². The molecule has 2 rings (SSSR count). The summed E-state index contributed by atoms with van der Waals surface area (Å²) >= 11 is 0. The van der Waals surface area contributed by atoms with Crippen molar-refractivity contribution in [2.45, 2.75) is 25.9 Å². The van der Waals surface area contributed by atoms with Crippen LogP contribution in [-0.4, -0.2) is 30.8 Å². The third-order valence-electron chi connectivity index (χ3n) is 3.22. The van der Waals surface area contributed by atoms with Crippen molar-refractivity contribution in [3.05, 3.63) is 30.1 Å². The van der Waals surface area contributed by atoms with E-state index in [2.05, 4.69) is 23.3 Å². The molecule has 88 valence electrons. The van der Waals surface area contributed by atoms with Crippen LogP contribution >= 0.6 is 0 Å². The Bertz CT molecular complexity index is 302. The fourth-order valence-corrected chi connectivity index (χ4v) is 2.09. The average Bonchev–Trinajstić information content (AvgIpc) is 2.72. The van der Waals surface area contributed by atoms with Gasteiger partial charge < -0.3 is 10.1 Å². The minimum absolute atomic E-state index is 0.419. The first-order valence-corrected chi connectivity index (χ1v) is 6.08. The molecule has 0 bridgehead atoms. The van der Waals surface area contributed by atoms with E-state index in [9.17, 15) is 0 Å². The molecule has 0 aliphatic carbocycles. The first-order chi connectivity index (χ1) is 7.86. The summed E-state index contributed by atoms with van der Waals surface area (Å²) in [6.45, 7) is 5.15. The molecule has 1 N–H and O–H groups in total. The monoisotopic (exact) mass is 220 g/mol. The van der Waals surface area contributed by atoms with Crippen LogP contribution in [0.15, 0.2) is 24.4 Å². The maximum Gasteiger partial charge on any atom is 0.0588 e. The molecule has 1 saturated heterocycles. The fourth-order valence-electron chi connectivity index (χ4n) is 2.09. The van der Waals surface area contributed by atoms with Gasteiger partial charge in [-0.05, 0) is 31.4 Å². The summed E-state index contributed by atoms with van der Waals surface area (Å²) in [6.07, 6.45) is 4.46. The van der Waals surface area contributed by atoms with Gasteiger partial charge in [0.1, 0.15) is 0 Å². The topological polar surface area (TPSA) is 34.1 Å². The molecule has 0 radical (unpaired) electrons. The summed E-state index contributed by atoms with van der Waals surface area (Å²) in [5.74, 6) is 0.684. The molecule has 2 unspecified atom stereocenters. The zero-order valence-electron chi connectivity index (χ0n) is 9.86. The highest BCUT2D eigenvalue weighted by Gasteiger charge is 2.23. The lowest BCUT2D eigenvalue weighted by Gasteiger charge is -2.14. The molecule has 2 heterocycles. The molecule has 1 aromatic heterocycles. The molecule has 0 amide bonds. The van der Waals surface area contributed by atoms with Gasteiger partial charge in [-0.1, -0.05) is 6.07 Å². The first-order valence-electron chi connectivity index (χ1n) is 6.08. The van der Waals surface area contributed by atoms with Crippen molar-refractivity contribution in [1.29, 1.82) is 0 Å². The summed E-state index contributed by atoms with van der Waals surface area (Å²) < 4.78 is 5.53. The van der Waals surface area contributed by atoms with Gasteiger partial charge in [-0.3, -0.25) is 4.98 Å². The second-order valence-corrected chi connectivity index (χ2v) is 4.40. The van der Waals surface area contributed by atoms with E-state index in [0.29, 0.717) is 12.0 Å². The Morgan fingerprint density at radius 1 is 1.50 bits per heavy atom. The molecule has 1 aliphatic rings. The summed E-state index contributed by atoms with van der Waals surface area (Å²) in [5.41, 5.74) is 1.16. The molecule has 1 aliphatic heterocycles. The van der Waals surface area contributed by atoms with Crippen molar-refractivity contribution < 1.29 is 4.74 Å². The molecule has 0 spiro atoms. The standard InChI is InChI=1S/C13H20N2O/c1-11-12(6-9-16-11)10-14-8-5-13-4-2-3-7-15-13/h2-4,7,11-12,14H,5-6,8-10H2,1H3. The van der Waals surface area contributed by atoms with E-state index in [1.54, 1.807) is 0 Å². The van der Waals surface area contributed by atoms with Crippen molar-refractivity contribution >= 4 is 0 Å². The zero-order chi connectivity index (χ0) is 11.2. The largest absolute Gasteiger partial charge is 0.378 e. The molecule has 1 fully saturated rings. The number of hydrogen-bond acceptors (Lipinski definition) is 3. The molecular weight excluding hydrogens is 200 g/mol. The SMILES string of the molecule is CC1OCCC1CNCCc1ccccn1. The third-order valence-corrected chi connectivity index (χ3v) is 3.22. The third kappa shape index (κ3) is 3.29. The Morgan fingerprint density at radius 3 is 3.12 bits per heavy atom. The van der Waals surface area contributed by atoms with Gasteiger partial charge in [0.2, 0.25) is 0 Å². The van der Waals surface area contributed by atoms with Crippen LogP contribution in [0.25, 0.3) is 0 Å². The Labute approximate surface area is 97.2 Å². The molecule has 3 nitrogen and oxygen atoms in total. The quantitative estimate of drug-likeness (QED) is 0.766. The Balaban J connectivity index is 1.62. The van der Waals surface area contributed by atoms with Crippen LogP contribution in [0.1, 0.15) is 19.0 Å². The molecule has 16 heavy (non-hydrogen) atoms. The number of rotatable bonds is 5. The number of nitrogens with zero attached hydrogens (tertiary/aromatic N) is 1. The molecule has 2 atom stereocenters. The van der Waals surface area contributed by atoms with E-state index in [4.69, 9.17) is 4.74 Å². The van der Waals surface area contributed by atoms with E-state index in [-0.39, 0.29) is 0 Å². The number of ether oxygens (including phenoxy) is 1. The minimum atomic E-state index is 0.419. The van der Waals surface area contributed by atoms with Crippen LogP contribution in [0.2, 0.25) is 0 Å². The lowest BCUT2D eigenvalue weighted by molar-refractivity contribution is 0.105. The summed E-state index contributed by atoms with van der Waals surface area (Å²) in [6, 6.07) is 6.06.